The van der Waals surface area contributed by atoms with E-state index in [9.17, 15) is 4.79 Å². The molecule has 0 saturated heterocycles. The van der Waals surface area contributed by atoms with E-state index in [-0.39, 0.29) is 12.6 Å². The normalized spacial score (nSPS) is 10.1. The number of aromatic nitrogens is 1. The van der Waals surface area contributed by atoms with Gasteiger partial charge >= 0.3 is 6.03 Å². The van der Waals surface area contributed by atoms with Gasteiger partial charge in [-0.1, -0.05) is 0 Å². The van der Waals surface area contributed by atoms with Gasteiger partial charge in [0.2, 0.25) is 0 Å². The Kier molecular flexibility index (Phi) is 5.37. The summed E-state index contributed by atoms with van der Waals surface area (Å²) in [7, 11) is 0. The van der Waals surface area contributed by atoms with Gasteiger partial charge in [-0.05, 0) is 41.9 Å². The molecule has 0 fully saturated rings. The number of pyridine rings is 1. The number of carbonyl (C=O) groups excluding carboxylic acids is 1. The third-order valence-electron chi connectivity index (χ3n) is 2.33. The molecule has 1 rings (SSSR count). The molecular formula is C11H16BrN3O2. The van der Waals surface area contributed by atoms with Gasteiger partial charge in [-0.2, -0.15) is 0 Å². The van der Waals surface area contributed by atoms with Gasteiger partial charge in [-0.3, -0.25) is 0 Å². The maximum Gasteiger partial charge on any atom is 0.321 e. The zero-order valence-electron chi connectivity index (χ0n) is 9.90. The summed E-state index contributed by atoms with van der Waals surface area (Å²) in [5, 5.41) is 11.6. The summed E-state index contributed by atoms with van der Waals surface area (Å²) in [6.45, 7) is 4.52. The first-order chi connectivity index (χ1) is 8.08. The molecule has 0 aliphatic rings. The van der Waals surface area contributed by atoms with Crippen LogP contribution in [0.25, 0.3) is 0 Å². The van der Waals surface area contributed by atoms with Crippen LogP contribution in [0, 0.1) is 6.92 Å². The summed E-state index contributed by atoms with van der Waals surface area (Å²) >= 11 is 3.26. The average molecular weight is 302 g/mol. The lowest BCUT2D eigenvalue weighted by molar-refractivity contribution is 0.192. The Morgan fingerprint density at radius 1 is 1.59 bits per heavy atom. The Hall–Kier alpha value is -1.14. The van der Waals surface area contributed by atoms with E-state index in [0.717, 1.165) is 10.3 Å². The van der Waals surface area contributed by atoms with E-state index in [4.69, 9.17) is 5.11 Å². The fraction of sp³-hybridized carbons (Fsp3) is 0.455. The molecule has 1 heterocycles. The first-order valence-corrected chi connectivity index (χ1v) is 6.17. The molecule has 94 valence electrons. The summed E-state index contributed by atoms with van der Waals surface area (Å²) < 4.78 is 0.732. The molecule has 2 N–H and O–H groups in total. The van der Waals surface area contributed by atoms with Crippen molar-refractivity contribution in [2.24, 2.45) is 0 Å². The first-order valence-electron chi connectivity index (χ1n) is 5.38. The summed E-state index contributed by atoms with van der Waals surface area (Å²) in [4.78, 5) is 17.6. The number of halogens is 1. The van der Waals surface area contributed by atoms with Gasteiger partial charge in [0.15, 0.2) is 0 Å². The highest BCUT2D eigenvalue weighted by atomic mass is 79.9. The second-order valence-electron chi connectivity index (χ2n) is 3.50. The molecule has 5 nitrogen and oxygen atoms in total. The topological polar surface area (TPSA) is 65.5 Å². The predicted octanol–water partition coefficient (Wildman–Crippen LogP) is 2.00. The van der Waals surface area contributed by atoms with Gasteiger partial charge in [0.1, 0.15) is 4.60 Å². The van der Waals surface area contributed by atoms with Crippen LogP contribution < -0.4 is 5.32 Å². The predicted molar refractivity (Wildman–Crippen MR) is 70.0 cm³/mol. The van der Waals surface area contributed by atoms with Crippen LogP contribution >= 0.6 is 15.9 Å². The number of amides is 2. The third kappa shape index (κ3) is 3.98. The van der Waals surface area contributed by atoms with E-state index in [1.54, 1.807) is 12.1 Å². The van der Waals surface area contributed by atoms with Crippen LogP contribution in [0.3, 0.4) is 0 Å². The standard InChI is InChI=1S/C11H16BrN3O2/c1-3-15(6-7-16)11(17)14-9-4-5-10(12)13-8(9)2/h4-5,16H,3,6-7H2,1-2H3,(H,14,17). The summed E-state index contributed by atoms with van der Waals surface area (Å²) in [5.41, 5.74) is 1.42. The van der Waals surface area contributed by atoms with Crippen molar-refractivity contribution in [2.75, 3.05) is 25.0 Å². The van der Waals surface area contributed by atoms with Crippen LogP contribution in [0.1, 0.15) is 12.6 Å². The van der Waals surface area contributed by atoms with E-state index in [1.807, 2.05) is 13.8 Å². The number of hydrogen-bond acceptors (Lipinski definition) is 3. The quantitative estimate of drug-likeness (QED) is 0.836. The average Bonchev–Trinajstić information content (AvgIpc) is 2.29. The molecule has 0 spiro atoms. The van der Waals surface area contributed by atoms with Crippen molar-refractivity contribution in [3.63, 3.8) is 0 Å². The molecule has 0 saturated carbocycles. The van der Waals surface area contributed by atoms with Crippen LogP contribution in [0.2, 0.25) is 0 Å². The van der Waals surface area contributed by atoms with Crippen molar-refractivity contribution in [3.8, 4) is 0 Å². The monoisotopic (exact) mass is 301 g/mol. The Balaban J connectivity index is 2.73. The van der Waals surface area contributed by atoms with Crippen molar-refractivity contribution in [1.29, 1.82) is 0 Å². The van der Waals surface area contributed by atoms with E-state index in [0.29, 0.717) is 18.8 Å². The number of aliphatic hydroxyl groups is 1. The largest absolute Gasteiger partial charge is 0.395 e. The van der Waals surface area contributed by atoms with Crippen molar-refractivity contribution < 1.29 is 9.90 Å². The second kappa shape index (κ2) is 6.56. The number of nitrogens with one attached hydrogen (secondary N) is 1. The molecule has 0 aromatic carbocycles. The fourth-order valence-corrected chi connectivity index (χ4v) is 1.78. The molecule has 0 aliphatic carbocycles. The maximum absolute atomic E-state index is 11.8. The lowest BCUT2D eigenvalue weighted by atomic mass is 10.3. The van der Waals surface area contributed by atoms with Gasteiger partial charge in [0.25, 0.3) is 0 Å². The van der Waals surface area contributed by atoms with Gasteiger partial charge < -0.3 is 15.3 Å². The molecule has 17 heavy (non-hydrogen) atoms. The zero-order valence-corrected chi connectivity index (χ0v) is 11.5. The van der Waals surface area contributed by atoms with E-state index in [1.165, 1.54) is 4.90 Å². The molecule has 6 heteroatoms. The van der Waals surface area contributed by atoms with Crippen LogP contribution in [-0.2, 0) is 0 Å². The minimum Gasteiger partial charge on any atom is -0.395 e. The molecule has 0 aliphatic heterocycles. The number of urea groups is 1. The minimum absolute atomic E-state index is 0.0428. The van der Waals surface area contributed by atoms with Gasteiger partial charge in [-0.15, -0.1) is 0 Å². The molecular weight excluding hydrogens is 286 g/mol. The number of likely N-dealkylation sites (N-methyl/N-ethyl adjacent to an activating group) is 1. The number of rotatable bonds is 4. The Morgan fingerprint density at radius 2 is 2.29 bits per heavy atom. The summed E-state index contributed by atoms with van der Waals surface area (Å²) in [5.74, 6) is 0. The highest BCUT2D eigenvalue weighted by Gasteiger charge is 2.12. The van der Waals surface area contributed by atoms with Crippen molar-refractivity contribution in [2.45, 2.75) is 13.8 Å². The number of aliphatic hydroxyl groups excluding tert-OH is 1. The van der Waals surface area contributed by atoms with Crippen LogP contribution in [0.5, 0.6) is 0 Å². The minimum atomic E-state index is -0.228. The Labute approximate surface area is 109 Å². The van der Waals surface area contributed by atoms with Crippen LogP contribution in [0.4, 0.5) is 10.5 Å². The number of carbonyl (C=O) groups is 1. The first kappa shape index (κ1) is 13.9. The highest BCUT2D eigenvalue weighted by molar-refractivity contribution is 9.10. The summed E-state index contributed by atoms with van der Waals surface area (Å²) in [6, 6.07) is 3.33. The third-order valence-corrected chi connectivity index (χ3v) is 2.77. The lowest BCUT2D eigenvalue weighted by Crippen LogP contribution is -2.37. The van der Waals surface area contributed by atoms with Crippen LogP contribution in [-0.4, -0.2) is 40.7 Å². The van der Waals surface area contributed by atoms with Gasteiger partial charge in [0, 0.05) is 13.1 Å². The molecule has 0 atom stereocenters. The van der Waals surface area contributed by atoms with Gasteiger partial charge in [-0.25, -0.2) is 9.78 Å². The van der Waals surface area contributed by atoms with Crippen molar-refractivity contribution >= 4 is 27.6 Å². The fourth-order valence-electron chi connectivity index (χ4n) is 1.38. The number of nitrogens with zero attached hydrogens (tertiary/aromatic N) is 2. The second-order valence-corrected chi connectivity index (χ2v) is 4.31. The van der Waals surface area contributed by atoms with E-state index >= 15 is 0 Å². The van der Waals surface area contributed by atoms with E-state index < -0.39 is 0 Å². The van der Waals surface area contributed by atoms with E-state index in [2.05, 4.69) is 26.2 Å². The number of hydrogen-bond donors (Lipinski definition) is 2. The Bertz CT molecular complexity index is 398. The smallest absolute Gasteiger partial charge is 0.321 e. The van der Waals surface area contributed by atoms with Gasteiger partial charge in [0.05, 0.1) is 18.0 Å². The molecule has 1 aromatic rings. The molecule has 0 unspecified atom stereocenters. The maximum atomic E-state index is 11.8. The van der Waals surface area contributed by atoms with Crippen LogP contribution in [0.15, 0.2) is 16.7 Å². The number of anilines is 1. The number of aryl methyl sites for hydroxylation is 1. The summed E-state index contributed by atoms with van der Waals surface area (Å²) in [6.07, 6.45) is 0. The molecule has 2 amide bonds. The molecule has 0 bridgehead atoms. The lowest BCUT2D eigenvalue weighted by Gasteiger charge is -2.20. The molecule has 1 aromatic heterocycles. The van der Waals surface area contributed by atoms with Crippen molar-refractivity contribution in [1.82, 2.24) is 9.88 Å². The highest BCUT2D eigenvalue weighted by Crippen LogP contribution is 2.16. The molecule has 0 radical (unpaired) electrons. The zero-order chi connectivity index (χ0) is 12.8. The SMILES string of the molecule is CCN(CCO)C(=O)Nc1ccc(Br)nc1C. The Morgan fingerprint density at radius 3 is 2.82 bits per heavy atom. The van der Waals surface area contributed by atoms with Crippen molar-refractivity contribution in [3.05, 3.63) is 22.4 Å².